The summed E-state index contributed by atoms with van der Waals surface area (Å²) in [5, 5.41) is 3.11. The van der Waals surface area contributed by atoms with Crippen LogP contribution in [0.15, 0.2) is 0 Å². The minimum atomic E-state index is 0.176. The highest BCUT2D eigenvalue weighted by Crippen LogP contribution is 2.04. The summed E-state index contributed by atoms with van der Waals surface area (Å²) >= 11 is 0. The first-order valence-electron chi connectivity index (χ1n) is 6.46. The molecular weight excluding hydrogens is 186 g/mol. The highest BCUT2D eigenvalue weighted by Gasteiger charge is 2.17. The largest absolute Gasteiger partial charge is 0.307 e. The molecule has 2 nitrogen and oxygen atoms in total. The Bertz CT molecular complexity index is 147. The second kappa shape index (κ2) is 10.2. The number of Topliss-reactive ketones (excluding diaryl/α,β-unsaturated/α-hetero) is 1. The Morgan fingerprint density at radius 1 is 1.20 bits per heavy atom. The van der Waals surface area contributed by atoms with Crippen LogP contribution in [0.3, 0.4) is 0 Å². The summed E-state index contributed by atoms with van der Waals surface area (Å²) in [5.74, 6) is 0.280. The zero-order valence-electron chi connectivity index (χ0n) is 10.6. The van der Waals surface area contributed by atoms with Gasteiger partial charge in [0.15, 0.2) is 0 Å². The highest BCUT2D eigenvalue weighted by atomic mass is 16.1. The number of nitrogens with one attached hydrogen (secondary N) is 1. The fraction of sp³-hybridized carbons (Fsp3) is 0.923. The van der Waals surface area contributed by atoms with Gasteiger partial charge in [0.1, 0.15) is 5.78 Å². The summed E-state index contributed by atoms with van der Waals surface area (Å²) in [5.41, 5.74) is 0. The predicted molar refractivity (Wildman–Crippen MR) is 66.1 cm³/mol. The first kappa shape index (κ1) is 14.6. The maximum Gasteiger partial charge on any atom is 0.146 e. The normalized spacial score (nSPS) is 19.5. The van der Waals surface area contributed by atoms with Crippen molar-refractivity contribution in [2.24, 2.45) is 0 Å². The molecule has 0 aliphatic carbocycles. The molecule has 1 fully saturated rings. The van der Waals surface area contributed by atoms with Crippen molar-refractivity contribution in [3.63, 3.8) is 0 Å². The number of hydrogen-bond donors (Lipinski definition) is 1. The van der Waals surface area contributed by atoms with Gasteiger partial charge in [-0.1, -0.05) is 46.0 Å². The molecule has 0 saturated carbocycles. The molecule has 0 unspecified atom stereocenters. The summed E-state index contributed by atoms with van der Waals surface area (Å²) in [6.45, 7) is 7.15. The molecule has 90 valence electrons. The van der Waals surface area contributed by atoms with Gasteiger partial charge in [-0.3, -0.25) is 4.79 Å². The average Bonchev–Trinajstić information content (AvgIpc) is 2.72. The number of carbonyl (C=O) groups excluding carboxylic acids is 1. The molecule has 1 N–H and O–H groups in total. The molecule has 1 atom stereocenters. The van der Waals surface area contributed by atoms with Crippen molar-refractivity contribution in [3.05, 3.63) is 0 Å². The van der Waals surface area contributed by atoms with E-state index in [0.29, 0.717) is 0 Å². The monoisotopic (exact) mass is 213 g/mol. The third-order valence-electron chi connectivity index (χ3n) is 2.76. The van der Waals surface area contributed by atoms with E-state index >= 15 is 0 Å². The Morgan fingerprint density at radius 3 is 2.07 bits per heavy atom. The van der Waals surface area contributed by atoms with E-state index < -0.39 is 0 Å². The maximum atomic E-state index is 10.6. The topological polar surface area (TPSA) is 29.1 Å². The van der Waals surface area contributed by atoms with Crippen LogP contribution in [0.25, 0.3) is 0 Å². The molecule has 15 heavy (non-hydrogen) atoms. The first-order chi connectivity index (χ1) is 7.22. The second-order valence-electron chi connectivity index (χ2n) is 4.32. The van der Waals surface area contributed by atoms with Crippen LogP contribution in [0.4, 0.5) is 0 Å². The molecule has 0 radical (unpaired) electrons. The third kappa shape index (κ3) is 8.61. The smallest absolute Gasteiger partial charge is 0.146 e. The van der Waals surface area contributed by atoms with Crippen LogP contribution in [0, 0.1) is 0 Å². The van der Waals surface area contributed by atoms with E-state index in [1.54, 1.807) is 6.92 Å². The summed E-state index contributed by atoms with van der Waals surface area (Å²) < 4.78 is 0. The van der Waals surface area contributed by atoms with Gasteiger partial charge in [0.25, 0.3) is 0 Å². The van der Waals surface area contributed by atoms with E-state index in [9.17, 15) is 4.79 Å². The zero-order chi connectivity index (χ0) is 11.5. The van der Waals surface area contributed by atoms with Crippen molar-refractivity contribution >= 4 is 5.78 Å². The Balaban J connectivity index is 0.000000265. The summed E-state index contributed by atoms with van der Waals surface area (Å²) in [6.07, 6.45) is 9.20. The van der Waals surface area contributed by atoms with Crippen LogP contribution in [0.2, 0.25) is 0 Å². The third-order valence-corrected chi connectivity index (χ3v) is 2.76. The number of unbranched alkanes of at least 4 members (excludes halogenated alkanes) is 4. The lowest BCUT2D eigenvalue weighted by molar-refractivity contribution is -0.118. The number of carbonyl (C=O) groups is 1. The van der Waals surface area contributed by atoms with E-state index in [0.717, 1.165) is 19.4 Å². The Labute approximate surface area is 94.8 Å². The summed E-state index contributed by atoms with van der Waals surface area (Å²) in [4.78, 5) is 10.6. The van der Waals surface area contributed by atoms with E-state index in [1.807, 2.05) is 0 Å². The molecule has 0 aromatic rings. The van der Waals surface area contributed by atoms with Crippen molar-refractivity contribution in [1.82, 2.24) is 5.32 Å². The van der Waals surface area contributed by atoms with E-state index in [1.165, 1.54) is 32.1 Å². The Morgan fingerprint density at radius 2 is 1.80 bits per heavy atom. The van der Waals surface area contributed by atoms with Gasteiger partial charge in [0.05, 0.1) is 6.04 Å². The highest BCUT2D eigenvalue weighted by molar-refractivity contribution is 5.81. The van der Waals surface area contributed by atoms with Gasteiger partial charge in [-0.25, -0.2) is 0 Å². The van der Waals surface area contributed by atoms with Crippen LogP contribution >= 0.6 is 0 Å². The quantitative estimate of drug-likeness (QED) is 0.710. The van der Waals surface area contributed by atoms with Gasteiger partial charge in [-0.15, -0.1) is 0 Å². The molecule has 0 amide bonds. The van der Waals surface area contributed by atoms with Crippen molar-refractivity contribution in [2.45, 2.75) is 71.8 Å². The van der Waals surface area contributed by atoms with Crippen molar-refractivity contribution in [2.75, 3.05) is 6.54 Å². The summed E-state index contributed by atoms with van der Waals surface area (Å²) in [7, 11) is 0. The Kier molecular flexibility index (Phi) is 9.91. The fourth-order valence-electron chi connectivity index (χ4n) is 1.71. The van der Waals surface area contributed by atoms with Gasteiger partial charge < -0.3 is 5.32 Å². The molecule has 1 heterocycles. The van der Waals surface area contributed by atoms with Crippen LogP contribution in [-0.4, -0.2) is 18.4 Å². The lowest BCUT2D eigenvalue weighted by Crippen LogP contribution is -2.28. The van der Waals surface area contributed by atoms with Crippen LogP contribution in [-0.2, 0) is 4.79 Å². The molecule has 1 aliphatic rings. The minimum absolute atomic E-state index is 0.176. The van der Waals surface area contributed by atoms with Crippen LogP contribution in [0.5, 0.6) is 0 Å². The lowest BCUT2D eigenvalue weighted by Gasteiger charge is -2.01. The molecule has 0 aromatic carbocycles. The molecule has 0 spiro atoms. The molecule has 0 bridgehead atoms. The number of hydrogen-bond acceptors (Lipinski definition) is 2. The molecule has 2 heteroatoms. The molecule has 1 aliphatic heterocycles. The summed E-state index contributed by atoms with van der Waals surface area (Å²) in [6, 6.07) is 0.176. The maximum absolute atomic E-state index is 10.6. The number of ketones is 1. The first-order valence-corrected chi connectivity index (χ1v) is 6.46. The van der Waals surface area contributed by atoms with Crippen molar-refractivity contribution in [3.8, 4) is 0 Å². The molecule has 1 saturated heterocycles. The van der Waals surface area contributed by atoms with Gasteiger partial charge in [-0.2, -0.15) is 0 Å². The van der Waals surface area contributed by atoms with E-state index in [-0.39, 0.29) is 11.8 Å². The van der Waals surface area contributed by atoms with Crippen molar-refractivity contribution < 1.29 is 4.79 Å². The van der Waals surface area contributed by atoms with Gasteiger partial charge >= 0.3 is 0 Å². The fourth-order valence-corrected chi connectivity index (χ4v) is 1.71. The zero-order valence-corrected chi connectivity index (χ0v) is 10.6. The standard InChI is InChI=1S/C7H16.C6H11NO/c1-3-5-7-6-4-2;1-5(8)6-3-2-4-7-6/h3-7H2,1-2H3;6-7H,2-4H2,1H3/t;6-/m.0/s1. The molecule has 0 aromatic heterocycles. The van der Waals surface area contributed by atoms with Gasteiger partial charge in [0.2, 0.25) is 0 Å². The second-order valence-corrected chi connectivity index (χ2v) is 4.32. The SMILES string of the molecule is CC(=O)[C@@H]1CCCN1.CCCCCCC. The predicted octanol–water partition coefficient (Wildman–Crippen LogP) is 3.30. The van der Waals surface area contributed by atoms with Crippen LogP contribution < -0.4 is 5.32 Å². The van der Waals surface area contributed by atoms with Gasteiger partial charge in [0, 0.05) is 0 Å². The van der Waals surface area contributed by atoms with Crippen molar-refractivity contribution in [1.29, 1.82) is 0 Å². The lowest BCUT2D eigenvalue weighted by atomic mass is 10.2. The molecule has 1 rings (SSSR count). The average molecular weight is 213 g/mol. The van der Waals surface area contributed by atoms with Crippen LogP contribution in [0.1, 0.15) is 65.7 Å². The minimum Gasteiger partial charge on any atom is -0.307 e. The van der Waals surface area contributed by atoms with Gasteiger partial charge in [-0.05, 0) is 26.3 Å². The Hall–Kier alpha value is -0.370. The number of rotatable bonds is 5. The molecular formula is C13H27NO. The van der Waals surface area contributed by atoms with E-state index in [2.05, 4.69) is 19.2 Å². The van der Waals surface area contributed by atoms with E-state index in [4.69, 9.17) is 0 Å².